The lowest BCUT2D eigenvalue weighted by Crippen LogP contribution is -2.35. The minimum Gasteiger partial charge on any atom is -0.398 e. The highest BCUT2D eigenvalue weighted by Crippen LogP contribution is 2.23. The van der Waals surface area contributed by atoms with Crippen LogP contribution in [0.4, 0.5) is 5.69 Å². The zero-order chi connectivity index (χ0) is 13.2. The van der Waals surface area contributed by atoms with Crippen LogP contribution in [-0.2, 0) is 10.0 Å². The van der Waals surface area contributed by atoms with E-state index in [1.807, 2.05) is 6.08 Å². The lowest BCUT2D eigenvalue weighted by molar-refractivity contribution is 0.522. The van der Waals surface area contributed by atoms with Crippen molar-refractivity contribution in [2.75, 3.05) is 5.73 Å². The molecule has 1 atom stereocenters. The molecule has 1 aliphatic carbocycles. The fraction of sp³-hybridized carbons (Fsp3) is 0.333. The van der Waals surface area contributed by atoms with Crippen molar-refractivity contribution in [1.82, 2.24) is 4.72 Å². The molecule has 0 heterocycles. The summed E-state index contributed by atoms with van der Waals surface area (Å²) in [5.74, 6) is 0. The summed E-state index contributed by atoms with van der Waals surface area (Å²) < 4.78 is 27.0. The average molecular weight is 287 g/mol. The van der Waals surface area contributed by atoms with Crippen molar-refractivity contribution in [3.63, 3.8) is 0 Å². The molecule has 1 aliphatic rings. The Balaban J connectivity index is 2.22. The topological polar surface area (TPSA) is 72.2 Å². The van der Waals surface area contributed by atoms with Crippen molar-refractivity contribution in [3.8, 4) is 0 Å². The molecule has 1 aromatic carbocycles. The highest BCUT2D eigenvalue weighted by molar-refractivity contribution is 7.89. The van der Waals surface area contributed by atoms with Crippen LogP contribution in [-0.4, -0.2) is 14.5 Å². The molecule has 0 saturated carbocycles. The van der Waals surface area contributed by atoms with Crippen LogP contribution in [0.1, 0.15) is 19.3 Å². The molecule has 0 aromatic heterocycles. The Morgan fingerprint density at radius 2 is 2.11 bits per heavy atom. The summed E-state index contributed by atoms with van der Waals surface area (Å²) >= 11 is 5.75. The second kappa shape index (κ2) is 5.30. The number of hydrogen-bond acceptors (Lipinski definition) is 3. The van der Waals surface area contributed by atoms with Gasteiger partial charge in [0.25, 0.3) is 0 Å². The second-order valence-corrected chi connectivity index (χ2v) is 6.40. The van der Waals surface area contributed by atoms with Gasteiger partial charge in [-0.2, -0.15) is 0 Å². The van der Waals surface area contributed by atoms with E-state index in [4.69, 9.17) is 17.3 Å². The van der Waals surface area contributed by atoms with Crippen LogP contribution in [0.3, 0.4) is 0 Å². The summed E-state index contributed by atoms with van der Waals surface area (Å²) in [6.45, 7) is 0. The van der Waals surface area contributed by atoms with Gasteiger partial charge in [-0.3, -0.25) is 0 Å². The fourth-order valence-corrected chi connectivity index (χ4v) is 3.52. The summed E-state index contributed by atoms with van der Waals surface area (Å²) in [4.78, 5) is 0.0847. The molecule has 0 bridgehead atoms. The van der Waals surface area contributed by atoms with Gasteiger partial charge < -0.3 is 5.73 Å². The molecule has 18 heavy (non-hydrogen) atoms. The summed E-state index contributed by atoms with van der Waals surface area (Å²) in [6.07, 6.45) is 6.46. The van der Waals surface area contributed by atoms with E-state index in [2.05, 4.69) is 10.8 Å². The maximum atomic E-state index is 12.2. The highest BCUT2D eigenvalue weighted by Gasteiger charge is 2.22. The number of anilines is 1. The lowest BCUT2D eigenvalue weighted by Gasteiger charge is -2.19. The van der Waals surface area contributed by atoms with Gasteiger partial charge in [-0.05, 0) is 37.5 Å². The standard InChI is InChI=1S/C12H15ClN2O2S/c13-9-6-7-12(11(14)8-9)18(16,17)15-10-4-2-1-3-5-10/h1-2,6-8,10,15H,3-5,14H2. The molecular weight excluding hydrogens is 272 g/mol. The van der Waals surface area contributed by atoms with Gasteiger partial charge in [-0.1, -0.05) is 23.8 Å². The first kappa shape index (κ1) is 13.4. The highest BCUT2D eigenvalue weighted by atomic mass is 35.5. The van der Waals surface area contributed by atoms with Crippen molar-refractivity contribution >= 4 is 27.3 Å². The molecule has 1 unspecified atom stereocenters. The molecule has 98 valence electrons. The number of halogens is 1. The Kier molecular flexibility index (Phi) is 3.94. The van der Waals surface area contributed by atoms with Crippen molar-refractivity contribution in [2.45, 2.75) is 30.2 Å². The minimum absolute atomic E-state index is 0.0601. The van der Waals surface area contributed by atoms with E-state index in [1.54, 1.807) is 0 Å². The number of nitrogen functional groups attached to an aromatic ring is 1. The Hall–Kier alpha value is -1.04. The molecule has 0 aliphatic heterocycles. The third-order valence-corrected chi connectivity index (χ3v) is 4.68. The van der Waals surface area contributed by atoms with E-state index in [9.17, 15) is 8.42 Å². The number of hydrogen-bond donors (Lipinski definition) is 2. The Morgan fingerprint density at radius 1 is 1.33 bits per heavy atom. The third kappa shape index (κ3) is 3.04. The number of allylic oxidation sites excluding steroid dienone is 1. The van der Waals surface area contributed by atoms with Crippen LogP contribution >= 0.6 is 11.6 Å². The van der Waals surface area contributed by atoms with Crippen molar-refractivity contribution in [2.24, 2.45) is 0 Å². The van der Waals surface area contributed by atoms with E-state index < -0.39 is 10.0 Å². The Morgan fingerprint density at radius 3 is 2.72 bits per heavy atom. The first-order valence-corrected chi connectivity index (χ1v) is 7.57. The molecule has 0 saturated heterocycles. The van der Waals surface area contributed by atoms with Gasteiger partial charge in [0.2, 0.25) is 10.0 Å². The maximum absolute atomic E-state index is 12.2. The monoisotopic (exact) mass is 286 g/mol. The molecular formula is C12H15ClN2O2S. The van der Waals surface area contributed by atoms with Crippen molar-refractivity contribution < 1.29 is 8.42 Å². The zero-order valence-corrected chi connectivity index (χ0v) is 11.3. The van der Waals surface area contributed by atoms with Crippen molar-refractivity contribution in [3.05, 3.63) is 35.4 Å². The van der Waals surface area contributed by atoms with E-state index in [0.717, 1.165) is 12.8 Å². The molecule has 3 N–H and O–H groups in total. The molecule has 1 aromatic rings. The Labute approximate surface area is 112 Å². The summed E-state index contributed by atoms with van der Waals surface area (Å²) in [5, 5.41) is 0.423. The number of rotatable bonds is 3. The van der Waals surface area contributed by atoms with Crippen LogP contribution < -0.4 is 10.5 Å². The number of sulfonamides is 1. The molecule has 0 amide bonds. The molecule has 6 heteroatoms. The molecule has 4 nitrogen and oxygen atoms in total. The average Bonchev–Trinajstić information content (AvgIpc) is 2.29. The summed E-state index contributed by atoms with van der Waals surface area (Å²) in [6, 6.07) is 4.33. The van der Waals surface area contributed by atoms with Crippen LogP contribution in [0, 0.1) is 0 Å². The molecule has 0 spiro atoms. The van der Waals surface area contributed by atoms with Gasteiger partial charge in [-0.15, -0.1) is 0 Å². The van der Waals surface area contributed by atoms with Gasteiger partial charge >= 0.3 is 0 Å². The quantitative estimate of drug-likeness (QED) is 0.661. The number of nitrogens with two attached hydrogens (primary N) is 1. The van der Waals surface area contributed by atoms with Gasteiger partial charge in [0.15, 0.2) is 0 Å². The predicted molar refractivity (Wildman–Crippen MR) is 73.0 cm³/mol. The predicted octanol–water partition coefficient (Wildman–Crippen LogP) is 2.31. The van der Waals surface area contributed by atoms with Crippen LogP contribution in [0.15, 0.2) is 35.2 Å². The van der Waals surface area contributed by atoms with E-state index in [-0.39, 0.29) is 16.6 Å². The van der Waals surface area contributed by atoms with Crippen LogP contribution in [0.2, 0.25) is 5.02 Å². The smallest absolute Gasteiger partial charge is 0.242 e. The summed E-state index contributed by atoms with van der Waals surface area (Å²) in [7, 11) is -3.57. The van der Waals surface area contributed by atoms with Crippen molar-refractivity contribution in [1.29, 1.82) is 0 Å². The van der Waals surface area contributed by atoms with E-state index in [0.29, 0.717) is 11.4 Å². The maximum Gasteiger partial charge on any atom is 0.242 e. The molecule has 2 rings (SSSR count). The van der Waals surface area contributed by atoms with Gasteiger partial charge in [-0.25, -0.2) is 13.1 Å². The number of nitrogens with one attached hydrogen (secondary N) is 1. The van der Waals surface area contributed by atoms with E-state index >= 15 is 0 Å². The van der Waals surface area contributed by atoms with Gasteiger partial charge in [0.05, 0.1) is 5.69 Å². The van der Waals surface area contributed by atoms with Gasteiger partial charge in [0, 0.05) is 11.1 Å². The lowest BCUT2D eigenvalue weighted by atomic mass is 10.0. The SMILES string of the molecule is Nc1cc(Cl)ccc1S(=O)(=O)NC1CC=CCC1. The zero-order valence-electron chi connectivity index (χ0n) is 9.77. The first-order valence-electron chi connectivity index (χ1n) is 5.71. The van der Waals surface area contributed by atoms with Gasteiger partial charge in [0.1, 0.15) is 4.90 Å². The van der Waals surface area contributed by atoms with Crippen LogP contribution in [0.25, 0.3) is 0 Å². The molecule has 0 radical (unpaired) electrons. The summed E-state index contributed by atoms with van der Waals surface area (Å²) in [5.41, 5.74) is 5.86. The Bertz CT molecular complexity index is 569. The second-order valence-electron chi connectivity index (χ2n) is 4.28. The largest absolute Gasteiger partial charge is 0.398 e. The first-order chi connectivity index (χ1) is 8.49. The number of benzene rings is 1. The third-order valence-electron chi connectivity index (χ3n) is 2.85. The molecule has 0 fully saturated rings. The minimum atomic E-state index is -3.57. The fourth-order valence-electron chi connectivity index (χ4n) is 1.95. The normalized spacial score (nSPS) is 19.9. The van der Waals surface area contributed by atoms with Crippen LogP contribution in [0.5, 0.6) is 0 Å². The van der Waals surface area contributed by atoms with E-state index in [1.165, 1.54) is 18.2 Å².